The number of carbonyl (C=O) groups excluding carboxylic acids is 1. The number of nitrogens with zero attached hydrogens (tertiary/aromatic N) is 4. The molecular weight excluding hydrogens is 1040 g/mol. The Bertz CT molecular complexity index is 3680. The third kappa shape index (κ3) is 9.39. The predicted molar refractivity (Wildman–Crippen MR) is 287 cm³/mol. The van der Waals surface area contributed by atoms with Gasteiger partial charge >= 0.3 is 0 Å². The Labute approximate surface area is 421 Å². The minimum Gasteiger partial charge on any atom is -0.512 e. The molecule has 1 N–H and O–H groups in total. The number of aliphatic hydroxyl groups is 1. The normalized spacial score (nSPS) is 11.9. The van der Waals surface area contributed by atoms with Crippen LogP contribution in [0.15, 0.2) is 194 Å². The van der Waals surface area contributed by atoms with Crippen LogP contribution < -0.4 is 0 Å². The van der Waals surface area contributed by atoms with Crippen molar-refractivity contribution in [3.63, 3.8) is 0 Å². The minimum absolute atomic E-state index is 0. The van der Waals surface area contributed by atoms with Crippen molar-refractivity contribution in [1.82, 2.24) is 19.9 Å². The number of aromatic nitrogens is 4. The van der Waals surface area contributed by atoms with Gasteiger partial charge in [0, 0.05) is 71.6 Å². The summed E-state index contributed by atoms with van der Waals surface area (Å²) in [6, 6.07) is 65.4. The second-order valence-corrected chi connectivity index (χ2v) is 19.4. The van der Waals surface area contributed by atoms with Gasteiger partial charge in [-0.15, -0.1) is 59.3 Å². The summed E-state index contributed by atoms with van der Waals surface area (Å²) < 4.78 is 0. The molecular formula is C63H50IrN4O2-2. The van der Waals surface area contributed by atoms with Gasteiger partial charge in [-0.1, -0.05) is 184 Å². The molecule has 7 heteroatoms. The van der Waals surface area contributed by atoms with E-state index in [4.69, 9.17) is 19.9 Å². The fourth-order valence-electron chi connectivity index (χ4n) is 8.62. The first-order valence-corrected chi connectivity index (χ1v) is 23.2. The van der Waals surface area contributed by atoms with Crippen LogP contribution in [0.25, 0.3) is 109 Å². The van der Waals surface area contributed by atoms with E-state index in [1.807, 2.05) is 78.2 Å². The fraction of sp³-hybridized carbons (Fsp3) is 0.127. The minimum atomic E-state index is -0.417. The molecule has 2 heterocycles. The summed E-state index contributed by atoms with van der Waals surface area (Å²) in [5, 5.41) is 23.4. The Morgan fingerprint density at radius 1 is 0.457 bits per heavy atom. The number of allylic oxidation sites excluding steroid dienone is 2. The molecule has 0 spiro atoms. The molecule has 2 aromatic heterocycles. The molecule has 0 unspecified atom stereocenters. The Balaban J connectivity index is 0.000000139. The quantitative estimate of drug-likeness (QED) is 0.0821. The maximum Gasteiger partial charge on any atom is 0.164 e. The average Bonchev–Trinajstić information content (AvgIpc) is 3.38. The predicted octanol–water partition coefficient (Wildman–Crippen LogP) is 16.2. The third-order valence-electron chi connectivity index (χ3n) is 12.5. The average molecular weight is 1090 g/mol. The summed E-state index contributed by atoms with van der Waals surface area (Å²) in [6.07, 6.45) is 5.09. The molecule has 0 aliphatic carbocycles. The van der Waals surface area contributed by atoms with Crippen molar-refractivity contribution in [2.45, 2.75) is 41.5 Å². The molecule has 0 aliphatic rings. The number of hydrogen-bond acceptors (Lipinski definition) is 6. The number of carbonyl (C=O) groups is 1. The van der Waals surface area contributed by atoms with Gasteiger partial charge in [0.15, 0.2) is 5.78 Å². The van der Waals surface area contributed by atoms with Crippen LogP contribution in [-0.4, -0.2) is 30.8 Å². The van der Waals surface area contributed by atoms with Crippen molar-refractivity contribution >= 4 is 92.5 Å². The summed E-state index contributed by atoms with van der Waals surface area (Å²) in [7, 11) is 0. The molecule has 12 rings (SSSR count). The number of rotatable bonds is 3. The first-order valence-electron chi connectivity index (χ1n) is 23.2. The van der Waals surface area contributed by atoms with Crippen molar-refractivity contribution in [2.75, 3.05) is 0 Å². The molecule has 1 radical (unpaired) electrons. The topological polar surface area (TPSA) is 88.9 Å². The van der Waals surface area contributed by atoms with Gasteiger partial charge in [0.25, 0.3) is 0 Å². The van der Waals surface area contributed by atoms with E-state index in [-0.39, 0.29) is 37.1 Å². The number of aliphatic hydroxyl groups excluding tert-OH is 1. The number of fused-ring (bicyclic) bond motifs is 14. The van der Waals surface area contributed by atoms with Crippen LogP contribution >= 0.6 is 0 Å². The van der Waals surface area contributed by atoms with Crippen LogP contribution in [0.1, 0.15) is 41.5 Å². The monoisotopic (exact) mass is 1090 g/mol. The summed E-state index contributed by atoms with van der Waals surface area (Å²) in [5.41, 5.74) is 6.83. The van der Waals surface area contributed by atoms with E-state index >= 15 is 0 Å². The number of benzene rings is 10. The van der Waals surface area contributed by atoms with E-state index in [2.05, 4.69) is 158 Å². The standard InChI is InChI=1S/2C26H15N2.C11H20O2.Ir/c2*1-2-8-18-15-19(14-13-17(18)7-1)24-16-27-25-22-11-5-3-9-20(22)21-10-4-6-12-23(21)26(25)28-24;1-10(2,3)8(12)7-9(13)11(4,5)6;/h2*1-10,12-16H;7,12H,1-6H3;/q2*-1;;. The number of hydrogen-bond donors (Lipinski definition) is 1. The molecule has 0 atom stereocenters. The molecule has 0 saturated heterocycles. The molecule has 0 fully saturated rings. The van der Waals surface area contributed by atoms with Crippen molar-refractivity contribution in [1.29, 1.82) is 0 Å². The van der Waals surface area contributed by atoms with Gasteiger partial charge in [0.2, 0.25) is 0 Å². The fourth-order valence-corrected chi connectivity index (χ4v) is 8.62. The van der Waals surface area contributed by atoms with E-state index in [1.165, 1.54) is 49.2 Å². The Morgan fingerprint density at radius 3 is 1.26 bits per heavy atom. The molecule has 0 bridgehead atoms. The van der Waals surface area contributed by atoms with Crippen molar-refractivity contribution in [2.24, 2.45) is 10.8 Å². The van der Waals surface area contributed by atoms with Gasteiger partial charge in [0.05, 0.1) is 22.4 Å². The van der Waals surface area contributed by atoms with E-state index in [9.17, 15) is 9.90 Å². The van der Waals surface area contributed by atoms with Crippen LogP contribution in [-0.2, 0) is 24.9 Å². The maximum absolute atomic E-state index is 11.5. The van der Waals surface area contributed by atoms with Gasteiger partial charge in [-0.3, -0.25) is 14.8 Å². The molecule has 345 valence electrons. The van der Waals surface area contributed by atoms with Crippen molar-refractivity contribution in [3.8, 4) is 22.5 Å². The first-order chi connectivity index (χ1) is 33.3. The van der Waals surface area contributed by atoms with E-state index in [0.717, 1.165) is 66.1 Å². The Hall–Kier alpha value is -7.70. The summed E-state index contributed by atoms with van der Waals surface area (Å²) in [5.74, 6) is 0.104. The summed E-state index contributed by atoms with van der Waals surface area (Å²) in [4.78, 5) is 31.2. The smallest absolute Gasteiger partial charge is 0.164 e. The van der Waals surface area contributed by atoms with E-state index < -0.39 is 5.41 Å². The van der Waals surface area contributed by atoms with Crippen molar-refractivity contribution < 1.29 is 30.0 Å². The SMILES string of the molecule is CC(C)(C)C(=O)C=C(O)C(C)(C)C.[Ir].[c-]1cccc2c1c1ncc(-c3ccc4ccccc4c3)nc1c1ccccc21.[c-]1cccc2c1c1ncc(-c3ccc4ccccc4c3)nc1c1ccccc21. The Kier molecular flexibility index (Phi) is 13.1. The van der Waals surface area contributed by atoms with Crippen LogP contribution in [0.3, 0.4) is 0 Å². The molecule has 12 aromatic rings. The molecule has 0 aliphatic heterocycles. The van der Waals surface area contributed by atoms with E-state index in [1.54, 1.807) is 0 Å². The third-order valence-corrected chi connectivity index (χ3v) is 12.5. The van der Waals surface area contributed by atoms with Gasteiger partial charge < -0.3 is 15.1 Å². The Morgan fingerprint density at radius 2 is 0.843 bits per heavy atom. The largest absolute Gasteiger partial charge is 0.512 e. The maximum atomic E-state index is 11.5. The van der Waals surface area contributed by atoms with Gasteiger partial charge in [-0.2, -0.15) is 0 Å². The van der Waals surface area contributed by atoms with E-state index in [0.29, 0.717) is 0 Å². The van der Waals surface area contributed by atoms with Crippen LogP contribution in [0.5, 0.6) is 0 Å². The van der Waals surface area contributed by atoms with Gasteiger partial charge in [-0.25, -0.2) is 0 Å². The van der Waals surface area contributed by atoms with Gasteiger partial charge in [0.1, 0.15) is 5.76 Å². The van der Waals surface area contributed by atoms with Crippen LogP contribution in [0, 0.1) is 23.0 Å². The summed E-state index contributed by atoms with van der Waals surface area (Å²) in [6.45, 7) is 11.1. The zero-order chi connectivity index (χ0) is 47.9. The van der Waals surface area contributed by atoms with Crippen molar-refractivity contribution in [3.05, 3.63) is 206 Å². The molecule has 6 nitrogen and oxygen atoms in total. The van der Waals surface area contributed by atoms with Crippen LogP contribution in [0.2, 0.25) is 0 Å². The number of ketones is 1. The zero-order valence-electron chi connectivity index (χ0n) is 39.9. The van der Waals surface area contributed by atoms with Crippen LogP contribution in [0.4, 0.5) is 0 Å². The molecule has 0 saturated carbocycles. The summed E-state index contributed by atoms with van der Waals surface area (Å²) >= 11 is 0. The second kappa shape index (κ2) is 19.4. The second-order valence-electron chi connectivity index (χ2n) is 19.4. The molecule has 70 heavy (non-hydrogen) atoms. The first kappa shape index (κ1) is 47.4. The van der Waals surface area contributed by atoms with Gasteiger partial charge in [-0.05, 0) is 44.5 Å². The molecule has 0 amide bonds. The zero-order valence-corrected chi connectivity index (χ0v) is 42.3. The molecule has 10 aromatic carbocycles.